The molecule has 0 aromatic carbocycles. The van der Waals surface area contributed by atoms with Crippen LogP contribution in [0.5, 0.6) is 0 Å². The van der Waals surface area contributed by atoms with Crippen molar-refractivity contribution >= 4 is 5.97 Å². The highest BCUT2D eigenvalue weighted by molar-refractivity contribution is 5.84. The van der Waals surface area contributed by atoms with Crippen LogP contribution in [0.25, 0.3) is 0 Å². The zero-order valence-corrected chi connectivity index (χ0v) is 13.2. The van der Waals surface area contributed by atoms with Crippen LogP contribution < -0.4 is 0 Å². The van der Waals surface area contributed by atoms with Gasteiger partial charge in [0.1, 0.15) is 17.7 Å². The number of hydrogen-bond acceptors (Lipinski definition) is 5. The highest BCUT2D eigenvalue weighted by atomic mass is 16.5. The van der Waals surface area contributed by atoms with Gasteiger partial charge in [0.25, 0.3) is 0 Å². The van der Waals surface area contributed by atoms with Crippen molar-refractivity contribution < 1.29 is 14.6 Å². The normalized spacial score (nSPS) is 9.59. The van der Waals surface area contributed by atoms with E-state index in [1.54, 1.807) is 12.1 Å². The lowest BCUT2D eigenvalue weighted by Gasteiger charge is -2.03. The molecule has 1 N–H and O–H groups in total. The van der Waals surface area contributed by atoms with Gasteiger partial charge >= 0.3 is 5.97 Å². The van der Waals surface area contributed by atoms with Crippen LogP contribution in [-0.4, -0.2) is 24.3 Å². The maximum Gasteiger partial charge on any atom is 0.332 e. The third-order valence-electron chi connectivity index (χ3n) is 3.30. The fraction of sp³-hybridized carbons (Fsp3) is 0.706. The van der Waals surface area contributed by atoms with Gasteiger partial charge in [0.15, 0.2) is 0 Å². The van der Waals surface area contributed by atoms with Crippen LogP contribution in [0.4, 0.5) is 0 Å². The molecule has 0 bridgehead atoms. The summed E-state index contributed by atoms with van der Waals surface area (Å²) in [7, 11) is 0. The lowest BCUT2D eigenvalue weighted by atomic mass is 10.1. The Morgan fingerprint density at radius 3 is 1.77 bits per heavy atom. The van der Waals surface area contributed by atoms with Crippen LogP contribution >= 0.6 is 0 Å². The van der Waals surface area contributed by atoms with E-state index in [9.17, 15) is 4.79 Å². The van der Waals surface area contributed by atoms with Crippen molar-refractivity contribution in [2.24, 2.45) is 0 Å². The molecule has 0 aliphatic carbocycles. The lowest BCUT2D eigenvalue weighted by Crippen LogP contribution is -2.03. The van der Waals surface area contributed by atoms with E-state index in [4.69, 9.17) is 20.4 Å². The van der Waals surface area contributed by atoms with Gasteiger partial charge in [-0.15, -0.1) is 0 Å². The van der Waals surface area contributed by atoms with Crippen molar-refractivity contribution in [2.75, 3.05) is 13.2 Å². The molecule has 5 nitrogen and oxygen atoms in total. The van der Waals surface area contributed by atoms with E-state index in [-0.39, 0.29) is 5.57 Å². The van der Waals surface area contributed by atoms with E-state index in [1.165, 1.54) is 32.1 Å². The molecule has 0 amide bonds. The number of esters is 1. The van der Waals surface area contributed by atoms with Gasteiger partial charge in [0.2, 0.25) is 0 Å². The summed E-state index contributed by atoms with van der Waals surface area (Å²) in [6, 6.07) is 3.23. The van der Waals surface area contributed by atoms with Gasteiger partial charge in [-0.05, 0) is 12.8 Å². The number of aliphatic hydroxyl groups is 1. The van der Waals surface area contributed by atoms with Crippen LogP contribution in [-0.2, 0) is 9.53 Å². The molecule has 0 heterocycles. The summed E-state index contributed by atoms with van der Waals surface area (Å²) in [6.45, 7) is 0.634. The lowest BCUT2D eigenvalue weighted by molar-refractivity contribution is -0.137. The summed E-state index contributed by atoms with van der Waals surface area (Å²) in [5.41, 5.74) is -0.232. The number of ether oxygens (including phenoxy) is 1. The van der Waals surface area contributed by atoms with Gasteiger partial charge < -0.3 is 9.84 Å². The van der Waals surface area contributed by atoms with Crippen molar-refractivity contribution in [1.82, 2.24) is 0 Å². The fourth-order valence-corrected chi connectivity index (χ4v) is 2.05. The Hall–Kier alpha value is -1.85. The predicted molar refractivity (Wildman–Crippen MR) is 83.5 cm³/mol. The minimum Gasteiger partial charge on any atom is -0.462 e. The molecule has 0 aromatic heterocycles. The minimum atomic E-state index is -0.624. The topological polar surface area (TPSA) is 94.1 Å². The van der Waals surface area contributed by atoms with Crippen LogP contribution in [0.3, 0.4) is 0 Å². The zero-order valence-electron chi connectivity index (χ0n) is 13.2. The number of nitriles is 2. The van der Waals surface area contributed by atoms with Gasteiger partial charge in [0.05, 0.1) is 12.7 Å². The van der Waals surface area contributed by atoms with Crippen LogP contribution in [0, 0.1) is 22.7 Å². The molecule has 0 aromatic rings. The number of unbranched alkanes of at least 4 members (excludes halogenated alkanes) is 9. The van der Waals surface area contributed by atoms with Gasteiger partial charge in [-0.2, -0.15) is 10.5 Å². The maximum atomic E-state index is 11.2. The molecular weight excluding hydrogens is 280 g/mol. The summed E-state index contributed by atoms with van der Waals surface area (Å²) in [6.07, 6.45) is 12.0. The van der Waals surface area contributed by atoms with Crippen molar-refractivity contribution in [2.45, 2.75) is 64.2 Å². The fourth-order valence-electron chi connectivity index (χ4n) is 2.05. The number of nitrogens with zero attached hydrogens (tertiary/aromatic N) is 2. The zero-order chi connectivity index (χ0) is 16.5. The van der Waals surface area contributed by atoms with Crippen LogP contribution in [0.15, 0.2) is 11.6 Å². The van der Waals surface area contributed by atoms with E-state index < -0.39 is 5.97 Å². The summed E-state index contributed by atoms with van der Waals surface area (Å²) in [5.74, 6) is -0.624. The van der Waals surface area contributed by atoms with Gasteiger partial charge in [-0.1, -0.05) is 51.4 Å². The maximum absolute atomic E-state index is 11.2. The smallest absolute Gasteiger partial charge is 0.332 e. The van der Waals surface area contributed by atoms with Crippen molar-refractivity contribution in [3.63, 3.8) is 0 Å². The molecule has 0 unspecified atom stereocenters. The molecular formula is C17H26N2O3. The second kappa shape index (κ2) is 15.5. The Morgan fingerprint density at radius 1 is 0.864 bits per heavy atom. The quantitative estimate of drug-likeness (QED) is 0.243. The number of carbonyl (C=O) groups is 1. The SMILES string of the molecule is N#CC(C#N)=CC(=O)OCCCCCCCCCCCCO. The average Bonchev–Trinajstić information content (AvgIpc) is 2.53. The number of allylic oxidation sites excluding steroid dienone is 1. The average molecular weight is 306 g/mol. The molecule has 0 fully saturated rings. The first-order chi connectivity index (χ1) is 10.7. The van der Waals surface area contributed by atoms with E-state index in [1.807, 2.05) is 0 Å². The Bertz CT molecular complexity index is 389. The van der Waals surface area contributed by atoms with Crippen molar-refractivity contribution in [3.05, 3.63) is 11.6 Å². The van der Waals surface area contributed by atoms with Gasteiger partial charge in [0, 0.05) is 6.61 Å². The van der Waals surface area contributed by atoms with Crippen LogP contribution in [0.2, 0.25) is 0 Å². The van der Waals surface area contributed by atoms with Gasteiger partial charge in [-0.3, -0.25) is 0 Å². The highest BCUT2D eigenvalue weighted by Gasteiger charge is 2.01. The molecule has 22 heavy (non-hydrogen) atoms. The molecule has 0 radical (unpaired) electrons. The molecule has 0 aliphatic heterocycles. The van der Waals surface area contributed by atoms with E-state index in [2.05, 4.69) is 0 Å². The van der Waals surface area contributed by atoms with Gasteiger partial charge in [-0.25, -0.2) is 4.79 Å². The largest absolute Gasteiger partial charge is 0.462 e. The Labute approximate surface area is 133 Å². The number of rotatable bonds is 13. The third-order valence-corrected chi connectivity index (χ3v) is 3.30. The molecule has 0 saturated heterocycles. The third kappa shape index (κ3) is 13.1. The first kappa shape index (κ1) is 20.1. The summed E-state index contributed by atoms with van der Waals surface area (Å²) >= 11 is 0. The number of carbonyl (C=O) groups excluding carboxylic acids is 1. The molecule has 0 atom stereocenters. The predicted octanol–water partition coefficient (Wildman–Crippen LogP) is 3.40. The summed E-state index contributed by atoms with van der Waals surface area (Å²) in [4.78, 5) is 11.2. The van der Waals surface area contributed by atoms with Crippen LogP contribution in [0.1, 0.15) is 64.2 Å². The first-order valence-corrected chi connectivity index (χ1v) is 8.04. The number of hydrogen-bond donors (Lipinski definition) is 1. The summed E-state index contributed by atoms with van der Waals surface area (Å²) < 4.78 is 4.92. The Morgan fingerprint density at radius 2 is 1.32 bits per heavy atom. The highest BCUT2D eigenvalue weighted by Crippen LogP contribution is 2.10. The Balaban J connectivity index is 3.34. The monoisotopic (exact) mass is 306 g/mol. The minimum absolute atomic E-state index is 0.232. The molecule has 0 saturated carbocycles. The van der Waals surface area contributed by atoms with E-state index in [0.717, 1.165) is 38.2 Å². The van der Waals surface area contributed by atoms with E-state index in [0.29, 0.717) is 13.2 Å². The number of aliphatic hydroxyl groups excluding tert-OH is 1. The molecule has 0 spiro atoms. The molecule has 0 rings (SSSR count). The second-order valence-electron chi connectivity index (χ2n) is 5.21. The molecule has 5 heteroatoms. The first-order valence-electron chi connectivity index (χ1n) is 8.04. The van der Waals surface area contributed by atoms with Crippen molar-refractivity contribution in [3.8, 4) is 12.1 Å². The molecule has 0 aliphatic rings. The second-order valence-corrected chi connectivity index (χ2v) is 5.21. The Kier molecular flexibility index (Phi) is 14.2. The van der Waals surface area contributed by atoms with E-state index >= 15 is 0 Å². The van der Waals surface area contributed by atoms with Crippen molar-refractivity contribution in [1.29, 1.82) is 10.5 Å². The standard InChI is InChI=1S/C17H26N2O3/c18-14-16(15-19)13-17(21)22-12-10-8-6-4-2-1-3-5-7-9-11-20/h13,20H,1-12H2. The molecule has 122 valence electrons. The summed E-state index contributed by atoms with van der Waals surface area (Å²) in [5, 5.41) is 25.6.